The monoisotopic (exact) mass is 302 g/mol. The van der Waals surface area contributed by atoms with Gasteiger partial charge in [-0.15, -0.1) is 0 Å². The van der Waals surface area contributed by atoms with Crippen molar-refractivity contribution in [3.05, 3.63) is 11.5 Å². The Morgan fingerprint density at radius 1 is 1.45 bits per heavy atom. The Morgan fingerprint density at radius 3 is 2.75 bits per heavy atom. The SMILES string of the molecule is CC[C@@H]1CN(C)c2cnc(Cl)nc2N1C1CC(F)(F)C1. The lowest BCUT2D eigenvalue weighted by molar-refractivity contribution is -0.0874. The summed E-state index contributed by atoms with van der Waals surface area (Å²) in [6.45, 7) is 2.85. The van der Waals surface area contributed by atoms with Crippen molar-refractivity contribution in [2.45, 2.75) is 44.2 Å². The molecule has 1 aromatic rings. The summed E-state index contributed by atoms with van der Waals surface area (Å²) in [4.78, 5) is 12.4. The Kier molecular flexibility index (Phi) is 3.23. The standard InChI is InChI=1S/C13H17ClF2N4/c1-3-8-7-19(2)10-6-17-12(14)18-11(10)20(8)9-4-13(15,16)5-9/h6,8-9H,3-5,7H2,1-2H3/t8-/m1/s1. The van der Waals surface area contributed by atoms with Gasteiger partial charge in [-0.05, 0) is 18.0 Å². The average molecular weight is 303 g/mol. The Bertz CT molecular complexity index is 517. The molecule has 7 heteroatoms. The van der Waals surface area contributed by atoms with Gasteiger partial charge < -0.3 is 9.80 Å². The third kappa shape index (κ3) is 2.20. The topological polar surface area (TPSA) is 32.3 Å². The minimum Gasteiger partial charge on any atom is -0.368 e. The molecule has 1 aromatic heterocycles. The second kappa shape index (κ2) is 4.69. The molecule has 0 aromatic carbocycles. The highest BCUT2D eigenvalue weighted by Crippen LogP contribution is 2.46. The van der Waals surface area contributed by atoms with Crippen LogP contribution in [0.2, 0.25) is 5.28 Å². The van der Waals surface area contributed by atoms with Gasteiger partial charge in [0.25, 0.3) is 5.92 Å². The normalized spacial score (nSPS) is 25.4. The number of halogens is 3. The summed E-state index contributed by atoms with van der Waals surface area (Å²) in [5.41, 5.74) is 0.856. The lowest BCUT2D eigenvalue weighted by Crippen LogP contribution is -2.59. The van der Waals surface area contributed by atoms with Crippen LogP contribution in [0.4, 0.5) is 20.3 Å². The number of alkyl halides is 2. The van der Waals surface area contributed by atoms with Crippen LogP contribution in [0.3, 0.4) is 0 Å². The quantitative estimate of drug-likeness (QED) is 0.786. The molecule has 3 rings (SSSR count). The van der Waals surface area contributed by atoms with E-state index in [1.807, 2.05) is 11.9 Å². The lowest BCUT2D eigenvalue weighted by Gasteiger charge is -2.50. The molecule has 0 spiro atoms. The van der Waals surface area contributed by atoms with Gasteiger partial charge in [-0.1, -0.05) is 6.92 Å². The summed E-state index contributed by atoms with van der Waals surface area (Å²) in [7, 11) is 1.96. The number of fused-ring (bicyclic) bond motifs is 1. The van der Waals surface area contributed by atoms with E-state index in [9.17, 15) is 8.78 Å². The van der Waals surface area contributed by atoms with E-state index in [4.69, 9.17) is 11.6 Å². The van der Waals surface area contributed by atoms with Crippen LogP contribution in [0, 0.1) is 0 Å². The molecule has 2 heterocycles. The molecule has 0 saturated heterocycles. The third-order valence-corrected chi connectivity index (χ3v) is 4.37. The van der Waals surface area contributed by atoms with Gasteiger partial charge in [-0.25, -0.2) is 13.8 Å². The molecule has 4 nitrogen and oxygen atoms in total. The zero-order valence-electron chi connectivity index (χ0n) is 11.5. The molecule has 20 heavy (non-hydrogen) atoms. The van der Waals surface area contributed by atoms with E-state index in [-0.39, 0.29) is 30.2 Å². The maximum absolute atomic E-state index is 13.2. The highest BCUT2D eigenvalue weighted by molar-refractivity contribution is 6.28. The molecule has 110 valence electrons. The lowest BCUT2D eigenvalue weighted by atomic mass is 9.85. The van der Waals surface area contributed by atoms with Crippen LogP contribution in [0.5, 0.6) is 0 Å². The zero-order chi connectivity index (χ0) is 14.5. The van der Waals surface area contributed by atoms with E-state index in [1.165, 1.54) is 0 Å². The van der Waals surface area contributed by atoms with E-state index in [0.717, 1.165) is 18.7 Å². The average Bonchev–Trinajstić information content (AvgIpc) is 2.35. The maximum Gasteiger partial charge on any atom is 0.252 e. The highest BCUT2D eigenvalue weighted by atomic mass is 35.5. The minimum absolute atomic E-state index is 0.103. The fourth-order valence-electron chi connectivity index (χ4n) is 3.10. The minimum atomic E-state index is -2.54. The molecular weight excluding hydrogens is 286 g/mol. The van der Waals surface area contributed by atoms with Gasteiger partial charge in [0.2, 0.25) is 5.28 Å². The number of rotatable bonds is 2. The van der Waals surface area contributed by atoms with Crippen molar-refractivity contribution < 1.29 is 8.78 Å². The number of hydrogen-bond acceptors (Lipinski definition) is 4. The fraction of sp³-hybridized carbons (Fsp3) is 0.692. The first-order chi connectivity index (χ1) is 9.41. The molecule has 1 aliphatic carbocycles. The van der Waals surface area contributed by atoms with Gasteiger partial charge in [0.15, 0.2) is 5.82 Å². The second-order valence-electron chi connectivity index (χ2n) is 5.62. The van der Waals surface area contributed by atoms with Crippen LogP contribution >= 0.6 is 11.6 Å². The molecule has 0 radical (unpaired) electrons. The van der Waals surface area contributed by atoms with Gasteiger partial charge in [0.05, 0.1) is 11.9 Å². The number of likely N-dealkylation sites (N-methyl/N-ethyl adjacent to an activating group) is 1. The zero-order valence-corrected chi connectivity index (χ0v) is 12.2. The predicted molar refractivity (Wildman–Crippen MR) is 74.8 cm³/mol. The van der Waals surface area contributed by atoms with Crippen molar-refractivity contribution >= 4 is 23.1 Å². The number of aromatic nitrogens is 2. The first-order valence-corrected chi connectivity index (χ1v) is 7.19. The van der Waals surface area contributed by atoms with Crippen LogP contribution in [-0.4, -0.2) is 41.6 Å². The van der Waals surface area contributed by atoms with Crippen molar-refractivity contribution in [3.63, 3.8) is 0 Å². The number of hydrogen-bond donors (Lipinski definition) is 0. The van der Waals surface area contributed by atoms with Crippen LogP contribution < -0.4 is 9.80 Å². The Hall–Kier alpha value is -1.17. The van der Waals surface area contributed by atoms with E-state index in [1.54, 1.807) is 6.20 Å². The first kappa shape index (κ1) is 13.8. The number of nitrogens with zero attached hydrogens (tertiary/aromatic N) is 4. The molecule has 0 N–H and O–H groups in total. The van der Waals surface area contributed by atoms with Gasteiger partial charge in [-0.2, -0.15) is 4.98 Å². The summed E-state index contributed by atoms with van der Waals surface area (Å²) in [6.07, 6.45) is 2.34. The van der Waals surface area contributed by atoms with Crippen molar-refractivity contribution in [1.29, 1.82) is 0 Å². The molecule has 0 amide bonds. The Balaban J connectivity index is 1.98. The van der Waals surface area contributed by atoms with Crippen molar-refractivity contribution in [2.24, 2.45) is 0 Å². The first-order valence-electron chi connectivity index (χ1n) is 6.81. The Labute approximate surface area is 121 Å². The van der Waals surface area contributed by atoms with E-state index >= 15 is 0 Å². The Morgan fingerprint density at radius 2 is 2.15 bits per heavy atom. The highest BCUT2D eigenvalue weighted by Gasteiger charge is 2.50. The fourth-order valence-corrected chi connectivity index (χ4v) is 3.23. The smallest absolute Gasteiger partial charge is 0.252 e. The van der Waals surface area contributed by atoms with Crippen LogP contribution in [0.25, 0.3) is 0 Å². The van der Waals surface area contributed by atoms with Gasteiger partial charge in [0.1, 0.15) is 0 Å². The molecule has 1 fully saturated rings. The van der Waals surface area contributed by atoms with Crippen molar-refractivity contribution in [1.82, 2.24) is 9.97 Å². The van der Waals surface area contributed by atoms with Crippen LogP contribution in [0.15, 0.2) is 6.20 Å². The summed E-state index contributed by atoms with van der Waals surface area (Å²) < 4.78 is 26.4. The summed E-state index contributed by atoms with van der Waals surface area (Å²) in [5, 5.41) is 0.157. The van der Waals surface area contributed by atoms with Crippen LogP contribution in [0.1, 0.15) is 26.2 Å². The number of anilines is 2. The second-order valence-corrected chi connectivity index (χ2v) is 5.95. The van der Waals surface area contributed by atoms with Gasteiger partial charge in [0, 0.05) is 38.5 Å². The van der Waals surface area contributed by atoms with E-state index in [0.29, 0.717) is 5.82 Å². The third-order valence-electron chi connectivity index (χ3n) is 4.19. The van der Waals surface area contributed by atoms with Crippen LogP contribution in [-0.2, 0) is 0 Å². The molecule has 1 saturated carbocycles. The molecule has 1 aliphatic heterocycles. The van der Waals surface area contributed by atoms with Gasteiger partial charge >= 0.3 is 0 Å². The molecule has 0 unspecified atom stereocenters. The summed E-state index contributed by atoms with van der Waals surface area (Å²) in [5.74, 6) is -1.85. The molecule has 0 bridgehead atoms. The summed E-state index contributed by atoms with van der Waals surface area (Å²) >= 11 is 5.89. The van der Waals surface area contributed by atoms with Crippen molar-refractivity contribution in [3.8, 4) is 0 Å². The summed E-state index contributed by atoms with van der Waals surface area (Å²) in [6, 6.07) is 0.0212. The van der Waals surface area contributed by atoms with Gasteiger partial charge in [-0.3, -0.25) is 0 Å². The van der Waals surface area contributed by atoms with Crippen molar-refractivity contribution in [2.75, 3.05) is 23.4 Å². The van der Waals surface area contributed by atoms with E-state index in [2.05, 4.69) is 21.8 Å². The molecule has 1 atom stereocenters. The largest absolute Gasteiger partial charge is 0.368 e. The molecular formula is C13H17ClF2N4. The van der Waals surface area contributed by atoms with E-state index < -0.39 is 5.92 Å². The molecule has 2 aliphatic rings. The maximum atomic E-state index is 13.2. The predicted octanol–water partition coefficient (Wildman–Crippen LogP) is 2.96.